The van der Waals surface area contributed by atoms with E-state index in [-0.39, 0.29) is 18.7 Å². The average Bonchev–Trinajstić information content (AvgIpc) is 2.57. The number of carbonyl (C=O) groups excluding carboxylic acids is 1. The molecule has 0 aliphatic carbocycles. The quantitative estimate of drug-likeness (QED) is 0.616. The minimum absolute atomic E-state index is 0.0543. The molecule has 2 aromatic carbocycles. The van der Waals surface area contributed by atoms with Crippen molar-refractivity contribution in [2.75, 3.05) is 13.2 Å². The third-order valence-electron chi connectivity index (χ3n) is 3.43. The summed E-state index contributed by atoms with van der Waals surface area (Å²) >= 11 is 12.1. The molecule has 0 aliphatic heterocycles. The fraction of sp³-hybridized carbons (Fsp3) is 0.300. The summed E-state index contributed by atoms with van der Waals surface area (Å²) in [5, 5.41) is 12.8. The van der Waals surface area contributed by atoms with E-state index < -0.39 is 17.7 Å². The third-order valence-corrected chi connectivity index (χ3v) is 3.98. The summed E-state index contributed by atoms with van der Waals surface area (Å²) in [5.74, 6) is -0.754. The van der Waals surface area contributed by atoms with Crippen LogP contribution in [-0.4, -0.2) is 35.9 Å². The van der Waals surface area contributed by atoms with Gasteiger partial charge in [0.05, 0.1) is 12.1 Å². The van der Waals surface area contributed by atoms with Crippen LogP contribution >= 0.6 is 23.2 Å². The number of carboxylic acid groups (broad SMARTS) is 1. The van der Waals surface area contributed by atoms with E-state index in [9.17, 15) is 14.7 Å². The van der Waals surface area contributed by atoms with E-state index in [1.807, 2.05) is 0 Å². The van der Waals surface area contributed by atoms with Crippen LogP contribution in [0.4, 0.5) is 4.79 Å². The highest BCUT2D eigenvalue weighted by atomic mass is 35.5. The molecule has 0 aromatic heterocycles. The summed E-state index contributed by atoms with van der Waals surface area (Å²) in [5.41, 5.74) is 0.675. The van der Waals surface area contributed by atoms with Crippen LogP contribution in [0.1, 0.15) is 31.1 Å². The molecule has 0 atom stereocenters. The van der Waals surface area contributed by atoms with Gasteiger partial charge in [0.25, 0.3) is 0 Å². The maximum atomic E-state index is 11.6. The van der Waals surface area contributed by atoms with Gasteiger partial charge in [0, 0.05) is 15.6 Å². The maximum absolute atomic E-state index is 11.6. The molecule has 0 spiro atoms. The number of halogens is 2. The van der Waals surface area contributed by atoms with E-state index in [1.165, 1.54) is 12.1 Å². The van der Waals surface area contributed by atoms with Gasteiger partial charge >= 0.3 is 12.1 Å². The number of hydrogen-bond acceptors (Lipinski definition) is 4. The van der Waals surface area contributed by atoms with E-state index in [0.29, 0.717) is 26.9 Å². The Bertz CT molecular complexity index is 877. The zero-order chi connectivity index (χ0) is 20.9. The summed E-state index contributed by atoms with van der Waals surface area (Å²) in [6.45, 7) is 5.64. The van der Waals surface area contributed by atoms with Gasteiger partial charge < -0.3 is 19.9 Å². The van der Waals surface area contributed by atoms with E-state index in [1.54, 1.807) is 45.0 Å². The highest BCUT2D eigenvalue weighted by Gasteiger charge is 2.16. The minimum atomic E-state index is -1.09. The lowest BCUT2D eigenvalue weighted by atomic mass is 10.0. The van der Waals surface area contributed by atoms with Crippen molar-refractivity contribution in [2.24, 2.45) is 0 Å². The van der Waals surface area contributed by atoms with Crippen LogP contribution in [0.2, 0.25) is 10.0 Å². The second-order valence-electron chi connectivity index (χ2n) is 6.95. The lowest BCUT2D eigenvalue weighted by molar-refractivity contribution is 0.0520. The van der Waals surface area contributed by atoms with Crippen LogP contribution in [0, 0.1) is 0 Å². The van der Waals surface area contributed by atoms with Gasteiger partial charge in [-0.15, -0.1) is 0 Å². The van der Waals surface area contributed by atoms with Gasteiger partial charge in [-0.1, -0.05) is 29.3 Å². The van der Waals surface area contributed by atoms with Gasteiger partial charge in [-0.25, -0.2) is 9.59 Å². The highest BCUT2D eigenvalue weighted by molar-refractivity contribution is 6.36. The number of alkyl carbamates (subject to hydrolysis) is 1. The first-order chi connectivity index (χ1) is 13.0. The lowest BCUT2D eigenvalue weighted by Crippen LogP contribution is -2.34. The SMILES string of the molecule is CC(C)(C)OC(=O)NCCOc1cc(C(=O)O)cc(-c2ccc(Cl)cc2Cl)c1. The van der Waals surface area contributed by atoms with Crippen molar-refractivity contribution in [1.29, 1.82) is 0 Å². The molecule has 8 heteroatoms. The van der Waals surface area contributed by atoms with E-state index in [2.05, 4.69) is 5.32 Å². The Morgan fingerprint density at radius 1 is 1.11 bits per heavy atom. The summed E-state index contributed by atoms with van der Waals surface area (Å²) < 4.78 is 10.7. The topological polar surface area (TPSA) is 84.9 Å². The number of aromatic carboxylic acids is 1. The summed E-state index contributed by atoms with van der Waals surface area (Å²) in [6.07, 6.45) is -0.552. The first kappa shape index (κ1) is 21.9. The molecule has 2 N–H and O–H groups in total. The molecule has 6 nitrogen and oxygen atoms in total. The number of amides is 1. The summed E-state index contributed by atoms with van der Waals surface area (Å²) in [7, 11) is 0. The molecular formula is C20H21Cl2NO5. The van der Waals surface area contributed by atoms with Crippen molar-refractivity contribution in [3.63, 3.8) is 0 Å². The van der Waals surface area contributed by atoms with Gasteiger partial charge in [-0.05, 0) is 56.7 Å². The number of hydrogen-bond donors (Lipinski definition) is 2. The Morgan fingerprint density at radius 2 is 1.82 bits per heavy atom. The number of nitrogens with one attached hydrogen (secondary N) is 1. The van der Waals surface area contributed by atoms with Crippen LogP contribution in [0.3, 0.4) is 0 Å². The van der Waals surface area contributed by atoms with E-state index in [4.69, 9.17) is 32.7 Å². The predicted octanol–water partition coefficient (Wildman–Crippen LogP) is 5.26. The molecule has 0 saturated carbocycles. The third kappa shape index (κ3) is 6.62. The molecule has 0 bridgehead atoms. The van der Waals surface area contributed by atoms with Crippen molar-refractivity contribution >= 4 is 35.3 Å². The molecule has 0 saturated heterocycles. The van der Waals surface area contributed by atoms with Gasteiger partial charge in [-0.2, -0.15) is 0 Å². The van der Waals surface area contributed by atoms with Crippen molar-refractivity contribution in [2.45, 2.75) is 26.4 Å². The molecule has 0 heterocycles. The smallest absolute Gasteiger partial charge is 0.407 e. The second-order valence-corrected chi connectivity index (χ2v) is 7.80. The van der Waals surface area contributed by atoms with Crippen molar-refractivity contribution in [1.82, 2.24) is 5.32 Å². The number of carbonyl (C=O) groups is 2. The summed E-state index contributed by atoms with van der Waals surface area (Å²) in [6, 6.07) is 9.54. The molecule has 2 aromatic rings. The number of ether oxygens (including phenoxy) is 2. The molecule has 28 heavy (non-hydrogen) atoms. The number of carboxylic acids is 1. The maximum Gasteiger partial charge on any atom is 0.407 e. The van der Waals surface area contributed by atoms with Crippen LogP contribution in [0.25, 0.3) is 11.1 Å². The lowest BCUT2D eigenvalue weighted by Gasteiger charge is -2.19. The van der Waals surface area contributed by atoms with Crippen molar-refractivity contribution in [3.8, 4) is 16.9 Å². The molecule has 1 amide bonds. The normalized spacial score (nSPS) is 11.0. The standard InChI is InChI=1S/C20H21Cl2NO5/c1-20(2,3)28-19(26)23-6-7-27-15-9-12(8-13(10-15)18(24)25)16-5-4-14(21)11-17(16)22/h4-5,8-11H,6-7H2,1-3H3,(H,23,26)(H,24,25). The Balaban J connectivity index is 2.11. The van der Waals surface area contributed by atoms with Crippen LogP contribution in [-0.2, 0) is 4.74 Å². The van der Waals surface area contributed by atoms with E-state index in [0.717, 1.165) is 0 Å². The Kier molecular flexibility index (Phi) is 7.16. The van der Waals surface area contributed by atoms with Gasteiger partial charge in [-0.3, -0.25) is 0 Å². The van der Waals surface area contributed by atoms with Crippen molar-refractivity contribution < 1.29 is 24.2 Å². The fourth-order valence-corrected chi connectivity index (χ4v) is 2.84. The van der Waals surface area contributed by atoms with Crippen LogP contribution < -0.4 is 10.1 Å². The van der Waals surface area contributed by atoms with Gasteiger partial charge in [0.1, 0.15) is 18.0 Å². The molecule has 0 radical (unpaired) electrons. The second kappa shape index (κ2) is 9.17. The molecular weight excluding hydrogens is 405 g/mol. The zero-order valence-electron chi connectivity index (χ0n) is 15.7. The predicted molar refractivity (Wildman–Crippen MR) is 109 cm³/mol. The Morgan fingerprint density at radius 3 is 2.43 bits per heavy atom. The Hall–Kier alpha value is -2.44. The summed E-state index contributed by atoms with van der Waals surface area (Å²) in [4.78, 5) is 23.1. The molecule has 0 fully saturated rings. The average molecular weight is 426 g/mol. The fourth-order valence-electron chi connectivity index (χ4n) is 2.32. The van der Waals surface area contributed by atoms with Gasteiger partial charge in [0.15, 0.2) is 0 Å². The van der Waals surface area contributed by atoms with Crippen molar-refractivity contribution in [3.05, 3.63) is 52.0 Å². The van der Waals surface area contributed by atoms with Crippen LogP contribution in [0.15, 0.2) is 36.4 Å². The number of benzene rings is 2. The number of rotatable bonds is 6. The first-order valence-corrected chi connectivity index (χ1v) is 9.24. The highest BCUT2D eigenvalue weighted by Crippen LogP contribution is 2.33. The molecule has 150 valence electrons. The van der Waals surface area contributed by atoms with Crippen LogP contribution in [0.5, 0.6) is 5.75 Å². The first-order valence-electron chi connectivity index (χ1n) is 8.48. The molecule has 2 rings (SSSR count). The molecule has 0 aliphatic rings. The zero-order valence-corrected chi connectivity index (χ0v) is 17.2. The van der Waals surface area contributed by atoms with E-state index >= 15 is 0 Å². The largest absolute Gasteiger partial charge is 0.492 e. The molecule has 0 unspecified atom stereocenters. The minimum Gasteiger partial charge on any atom is -0.492 e. The Labute approximate surface area is 173 Å². The monoisotopic (exact) mass is 425 g/mol. The van der Waals surface area contributed by atoms with Gasteiger partial charge in [0.2, 0.25) is 0 Å².